The van der Waals surface area contributed by atoms with Crippen LogP contribution in [0, 0.1) is 17.2 Å². The van der Waals surface area contributed by atoms with Crippen molar-refractivity contribution in [2.24, 2.45) is 11.0 Å². The number of hydrazone groups is 1. The molecule has 4 heteroatoms. The van der Waals surface area contributed by atoms with Crippen LogP contribution in [0.5, 0.6) is 0 Å². The molecule has 1 atom stereocenters. The van der Waals surface area contributed by atoms with Gasteiger partial charge in [0.15, 0.2) is 0 Å². The van der Waals surface area contributed by atoms with Crippen LogP contribution in [0.25, 0.3) is 0 Å². The van der Waals surface area contributed by atoms with Gasteiger partial charge in [-0.25, -0.2) is 5.01 Å². The molecule has 4 nitrogen and oxygen atoms in total. The van der Waals surface area contributed by atoms with Crippen LogP contribution in [-0.2, 0) is 4.79 Å². The van der Waals surface area contributed by atoms with E-state index in [1.54, 1.807) is 24.3 Å². The zero-order chi connectivity index (χ0) is 12.4. The van der Waals surface area contributed by atoms with Gasteiger partial charge in [0.25, 0.3) is 5.91 Å². The van der Waals surface area contributed by atoms with E-state index >= 15 is 0 Å². The lowest BCUT2D eigenvalue weighted by Crippen LogP contribution is -2.25. The van der Waals surface area contributed by atoms with Crippen molar-refractivity contribution in [2.45, 2.75) is 20.3 Å². The Bertz CT molecular complexity index is 510. The van der Waals surface area contributed by atoms with E-state index in [1.807, 2.05) is 19.9 Å². The van der Waals surface area contributed by atoms with Crippen molar-refractivity contribution < 1.29 is 4.79 Å². The summed E-state index contributed by atoms with van der Waals surface area (Å²) in [7, 11) is 0. The Morgan fingerprint density at radius 2 is 2.06 bits per heavy atom. The third kappa shape index (κ3) is 1.92. The van der Waals surface area contributed by atoms with Gasteiger partial charge in [0, 0.05) is 0 Å². The normalized spacial score (nSPS) is 19.1. The van der Waals surface area contributed by atoms with Gasteiger partial charge in [0.2, 0.25) is 0 Å². The second kappa shape index (κ2) is 4.38. The number of hydrogen-bond acceptors (Lipinski definition) is 3. The molecule has 17 heavy (non-hydrogen) atoms. The molecule has 0 N–H and O–H groups in total. The first-order valence-electron chi connectivity index (χ1n) is 5.59. The molecule has 1 amide bonds. The van der Waals surface area contributed by atoms with Gasteiger partial charge in [-0.3, -0.25) is 4.79 Å². The average Bonchev–Trinajstić information content (AvgIpc) is 2.66. The fourth-order valence-corrected chi connectivity index (χ4v) is 1.83. The minimum atomic E-state index is -0.143. The topological polar surface area (TPSA) is 56.5 Å². The van der Waals surface area contributed by atoms with Gasteiger partial charge >= 0.3 is 0 Å². The van der Waals surface area contributed by atoms with Gasteiger partial charge in [-0.15, -0.1) is 0 Å². The maximum Gasteiger partial charge on any atom is 0.255 e. The van der Waals surface area contributed by atoms with Crippen LogP contribution >= 0.6 is 0 Å². The largest absolute Gasteiger partial charge is 0.272 e. The van der Waals surface area contributed by atoms with Crippen molar-refractivity contribution in [3.8, 4) is 6.07 Å². The number of carbonyl (C=O) groups excluding carboxylic acids is 1. The molecule has 1 heterocycles. The second-order valence-electron chi connectivity index (χ2n) is 3.98. The van der Waals surface area contributed by atoms with Crippen LogP contribution in [-0.4, -0.2) is 11.6 Å². The van der Waals surface area contributed by atoms with Crippen LogP contribution in [0.1, 0.15) is 25.8 Å². The number of hydrogen-bond donors (Lipinski definition) is 0. The van der Waals surface area contributed by atoms with Crippen LogP contribution in [0.15, 0.2) is 29.4 Å². The molecule has 1 aromatic rings. The third-order valence-electron chi connectivity index (χ3n) is 2.91. The zero-order valence-electron chi connectivity index (χ0n) is 9.84. The summed E-state index contributed by atoms with van der Waals surface area (Å²) in [6.45, 7) is 3.86. The molecular weight excluding hydrogens is 214 g/mol. The van der Waals surface area contributed by atoms with Crippen molar-refractivity contribution in [1.82, 2.24) is 0 Å². The molecule has 0 fully saturated rings. The first-order valence-corrected chi connectivity index (χ1v) is 5.59. The average molecular weight is 227 g/mol. The SMILES string of the molecule is CCC1=NN(c2ccc(C#N)cc2)C(=O)C1C. The lowest BCUT2D eigenvalue weighted by molar-refractivity contribution is -0.119. The summed E-state index contributed by atoms with van der Waals surface area (Å²) in [4.78, 5) is 12.0. The Morgan fingerprint density at radius 3 is 2.53 bits per heavy atom. The summed E-state index contributed by atoms with van der Waals surface area (Å²) in [6, 6.07) is 8.90. The van der Waals surface area contributed by atoms with E-state index < -0.39 is 0 Å². The molecule has 0 saturated heterocycles. The molecule has 1 aliphatic rings. The summed E-state index contributed by atoms with van der Waals surface area (Å²) in [5, 5.41) is 14.4. The van der Waals surface area contributed by atoms with E-state index in [4.69, 9.17) is 5.26 Å². The fourth-order valence-electron chi connectivity index (χ4n) is 1.83. The first kappa shape index (κ1) is 11.3. The maximum atomic E-state index is 12.0. The summed E-state index contributed by atoms with van der Waals surface area (Å²) in [6.07, 6.45) is 0.777. The molecule has 1 aliphatic heterocycles. The Kier molecular flexibility index (Phi) is 2.92. The highest BCUT2D eigenvalue weighted by molar-refractivity contribution is 6.15. The number of anilines is 1. The summed E-state index contributed by atoms with van der Waals surface area (Å²) >= 11 is 0. The van der Waals surface area contributed by atoms with E-state index in [1.165, 1.54) is 5.01 Å². The molecule has 0 spiro atoms. The molecule has 1 aromatic carbocycles. The summed E-state index contributed by atoms with van der Waals surface area (Å²) < 4.78 is 0. The van der Waals surface area contributed by atoms with E-state index in [-0.39, 0.29) is 11.8 Å². The van der Waals surface area contributed by atoms with Crippen molar-refractivity contribution in [3.05, 3.63) is 29.8 Å². The van der Waals surface area contributed by atoms with E-state index in [2.05, 4.69) is 5.10 Å². The number of benzene rings is 1. The van der Waals surface area contributed by atoms with Crippen molar-refractivity contribution >= 4 is 17.3 Å². The fraction of sp³-hybridized carbons (Fsp3) is 0.308. The summed E-state index contributed by atoms with van der Waals surface area (Å²) in [5.41, 5.74) is 2.19. The van der Waals surface area contributed by atoms with Gasteiger partial charge in [-0.05, 0) is 37.6 Å². The van der Waals surface area contributed by atoms with Gasteiger partial charge < -0.3 is 0 Å². The quantitative estimate of drug-likeness (QED) is 0.778. The number of amides is 1. The molecule has 86 valence electrons. The van der Waals surface area contributed by atoms with Gasteiger partial charge in [-0.2, -0.15) is 10.4 Å². The molecule has 0 aromatic heterocycles. The van der Waals surface area contributed by atoms with Gasteiger partial charge in [0.1, 0.15) is 0 Å². The Hall–Kier alpha value is -2.15. The monoisotopic (exact) mass is 227 g/mol. The maximum absolute atomic E-state index is 12.0. The molecule has 0 bridgehead atoms. The number of rotatable bonds is 2. The van der Waals surface area contributed by atoms with Crippen molar-refractivity contribution in [1.29, 1.82) is 5.26 Å². The smallest absolute Gasteiger partial charge is 0.255 e. The third-order valence-corrected chi connectivity index (χ3v) is 2.91. The highest BCUT2D eigenvalue weighted by Crippen LogP contribution is 2.24. The number of nitrogens with zero attached hydrogens (tertiary/aromatic N) is 3. The van der Waals surface area contributed by atoms with Crippen molar-refractivity contribution in [3.63, 3.8) is 0 Å². The molecule has 0 saturated carbocycles. The number of nitriles is 1. The van der Waals surface area contributed by atoms with Crippen LogP contribution in [0.3, 0.4) is 0 Å². The minimum absolute atomic E-state index is 0.00782. The Morgan fingerprint density at radius 1 is 1.41 bits per heavy atom. The second-order valence-corrected chi connectivity index (χ2v) is 3.98. The van der Waals surface area contributed by atoms with Gasteiger partial charge in [0.05, 0.1) is 28.9 Å². The standard InChI is InChI=1S/C13H13N3O/c1-3-12-9(2)13(17)16(15-12)11-6-4-10(8-14)5-7-11/h4-7,9H,3H2,1-2H3. The highest BCUT2D eigenvalue weighted by Gasteiger charge is 2.31. The molecule has 0 aliphatic carbocycles. The predicted octanol–water partition coefficient (Wildman–Crippen LogP) is 2.31. The Balaban J connectivity index is 2.32. The predicted molar refractivity (Wildman–Crippen MR) is 65.5 cm³/mol. The lowest BCUT2D eigenvalue weighted by Gasteiger charge is -2.12. The molecule has 1 unspecified atom stereocenters. The van der Waals surface area contributed by atoms with Crippen LogP contribution in [0.2, 0.25) is 0 Å². The minimum Gasteiger partial charge on any atom is -0.272 e. The van der Waals surface area contributed by atoms with Crippen LogP contribution < -0.4 is 5.01 Å². The van der Waals surface area contributed by atoms with E-state index in [0.29, 0.717) is 11.3 Å². The zero-order valence-corrected chi connectivity index (χ0v) is 9.84. The van der Waals surface area contributed by atoms with E-state index in [0.717, 1.165) is 12.1 Å². The number of carbonyl (C=O) groups is 1. The lowest BCUT2D eigenvalue weighted by atomic mass is 10.0. The van der Waals surface area contributed by atoms with Gasteiger partial charge in [-0.1, -0.05) is 6.92 Å². The highest BCUT2D eigenvalue weighted by atomic mass is 16.2. The summed E-state index contributed by atoms with van der Waals surface area (Å²) in [5.74, 6) is -0.151. The first-order chi connectivity index (χ1) is 8.17. The molecular formula is C13H13N3O. The molecule has 0 radical (unpaired) electrons. The molecule has 2 rings (SSSR count). The van der Waals surface area contributed by atoms with Crippen molar-refractivity contribution in [2.75, 3.05) is 5.01 Å². The van der Waals surface area contributed by atoms with E-state index in [9.17, 15) is 4.79 Å². The van der Waals surface area contributed by atoms with Crippen LogP contribution in [0.4, 0.5) is 5.69 Å². The Labute approximate surface area is 100 Å².